The minimum atomic E-state index is -0.244. The topological polar surface area (TPSA) is 47.6 Å². The molecule has 108 valence electrons. The van der Waals surface area contributed by atoms with Crippen LogP contribution in [0.3, 0.4) is 0 Å². The second kappa shape index (κ2) is 5.58. The van der Waals surface area contributed by atoms with Crippen molar-refractivity contribution in [2.75, 3.05) is 12.1 Å². The summed E-state index contributed by atoms with van der Waals surface area (Å²) in [5.41, 5.74) is 2.03. The molecule has 0 saturated heterocycles. The van der Waals surface area contributed by atoms with E-state index in [4.69, 9.17) is 21.1 Å². The molecule has 0 spiro atoms. The predicted molar refractivity (Wildman–Crippen MR) is 84.4 cm³/mol. The summed E-state index contributed by atoms with van der Waals surface area (Å²) in [6.07, 6.45) is 0. The third-order valence-electron chi connectivity index (χ3n) is 3.08. The van der Waals surface area contributed by atoms with E-state index in [-0.39, 0.29) is 12.7 Å². The molecule has 3 rings (SSSR count). The zero-order valence-corrected chi connectivity index (χ0v) is 13.4. The van der Waals surface area contributed by atoms with Gasteiger partial charge in [0, 0.05) is 16.6 Å². The minimum Gasteiger partial charge on any atom is -0.454 e. The molecule has 1 heterocycles. The van der Waals surface area contributed by atoms with Gasteiger partial charge in [-0.2, -0.15) is 0 Å². The Morgan fingerprint density at radius 1 is 1.24 bits per heavy atom. The Hall–Kier alpha value is -1.72. The van der Waals surface area contributed by atoms with Gasteiger partial charge in [-0.15, -0.1) is 0 Å². The van der Waals surface area contributed by atoms with Crippen molar-refractivity contribution in [3.8, 4) is 11.5 Å². The maximum Gasteiger partial charge on any atom is 0.256 e. The van der Waals surface area contributed by atoms with Crippen LogP contribution in [0.5, 0.6) is 11.5 Å². The molecular formula is C15H11BrClNO3. The van der Waals surface area contributed by atoms with Gasteiger partial charge in [0.25, 0.3) is 5.91 Å². The summed E-state index contributed by atoms with van der Waals surface area (Å²) < 4.78 is 11.2. The van der Waals surface area contributed by atoms with Crippen LogP contribution in [0.1, 0.15) is 15.9 Å². The number of benzene rings is 2. The summed E-state index contributed by atoms with van der Waals surface area (Å²) in [6, 6.07) is 8.86. The first-order valence-electron chi connectivity index (χ1n) is 6.21. The van der Waals surface area contributed by atoms with Crippen LogP contribution in [0, 0.1) is 6.92 Å². The summed E-state index contributed by atoms with van der Waals surface area (Å²) in [6.45, 7) is 2.09. The molecule has 2 aromatic carbocycles. The van der Waals surface area contributed by atoms with Crippen molar-refractivity contribution in [3.05, 3.63) is 51.0 Å². The Balaban J connectivity index is 1.90. The minimum absolute atomic E-state index is 0.159. The molecule has 0 saturated carbocycles. The SMILES string of the molecule is Cc1ccc(Br)c(C(=O)Nc2cc3c(cc2Cl)OCO3)c1. The van der Waals surface area contributed by atoms with Crippen LogP contribution in [-0.4, -0.2) is 12.7 Å². The van der Waals surface area contributed by atoms with Crippen molar-refractivity contribution in [1.82, 2.24) is 0 Å². The smallest absolute Gasteiger partial charge is 0.256 e. The van der Waals surface area contributed by atoms with Crippen molar-refractivity contribution in [2.24, 2.45) is 0 Å². The zero-order valence-electron chi connectivity index (χ0n) is 11.1. The second-order valence-electron chi connectivity index (χ2n) is 4.62. The van der Waals surface area contributed by atoms with E-state index in [9.17, 15) is 4.79 Å². The molecule has 0 radical (unpaired) electrons. The molecule has 2 aromatic rings. The number of fused-ring (bicyclic) bond motifs is 1. The number of aryl methyl sites for hydroxylation is 1. The Kier molecular flexibility index (Phi) is 3.78. The standard InChI is InChI=1S/C15H11BrClNO3/c1-8-2-3-10(16)9(4-8)15(19)18-12-6-14-13(5-11(12)17)20-7-21-14/h2-6H,7H2,1H3,(H,18,19). The van der Waals surface area contributed by atoms with Crippen molar-refractivity contribution in [3.63, 3.8) is 0 Å². The maximum absolute atomic E-state index is 12.4. The molecule has 4 nitrogen and oxygen atoms in total. The number of hydrogen-bond acceptors (Lipinski definition) is 3. The van der Waals surface area contributed by atoms with E-state index in [0.717, 1.165) is 10.0 Å². The van der Waals surface area contributed by atoms with Crippen molar-refractivity contribution in [1.29, 1.82) is 0 Å². The summed E-state index contributed by atoms with van der Waals surface area (Å²) in [4.78, 5) is 12.4. The van der Waals surface area contributed by atoms with Gasteiger partial charge in [0.1, 0.15) is 0 Å². The fourth-order valence-electron chi connectivity index (χ4n) is 2.02. The highest BCUT2D eigenvalue weighted by molar-refractivity contribution is 9.10. The van der Waals surface area contributed by atoms with E-state index in [1.54, 1.807) is 18.2 Å². The molecule has 0 atom stereocenters. The van der Waals surface area contributed by atoms with E-state index < -0.39 is 0 Å². The number of anilines is 1. The van der Waals surface area contributed by atoms with Crippen LogP contribution < -0.4 is 14.8 Å². The normalized spacial score (nSPS) is 12.3. The molecule has 1 N–H and O–H groups in total. The van der Waals surface area contributed by atoms with Gasteiger partial charge >= 0.3 is 0 Å². The zero-order chi connectivity index (χ0) is 15.0. The number of ether oxygens (including phenoxy) is 2. The van der Waals surface area contributed by atoms with Crippen LogP contribution in [-0.2, 0) is 0 Å². The number of carbonyl (C=O) groups excluding carboxylic acids is 1. The van der Waals surface area contributed by atoms with Gasteiger partial charge in [0.05, 0.1) is 16.3 Å². The lowest BCUT2D eigenvalue weighted by atomic mass is 10.1. The molecule has 0 fully saturated rings. The lowest BCUT2D eigenvalue weighted by Crippen LogP contribution is -2.13. The highest BCUT2D eigenvalue weighted by atomic mass is 79.9. The average Bonchev–Trinajstić information content (AvgIpc) is 2.88. The van der Waals surface area contributed by atoms with Crippen LogP contribution in [0.2, 0.25) is 5.02 Å². The van der Waals surface area contributed by atoms with Crippen LogP contribution in [0.25, 0.3) is 0 Å². The molecule has 6 heteroatoms. The number of amides is 1. The number of nitrogens with one attached hydrogen (secondary N) is 1. The first kappa shape index (κ1) is 14.2. The quantitative estimate of drug-likeness (QED) is 0.855. The lowest BCUT2D eigenvalue weighted by Gasteiger charge is -2.10. The Morgan fingerprint density at radius 2 is 1.95 bits per heavy atom. The third kappa shape index (κ3) is 2.84. The Bertz CT molecular complexity index is 733. The van der Waals surface area contributed by atoms with Crippen LogP contribution in [0.4, 0.5) is 5.69 Å². The van der Waals surface area contributed by atoms with Gasteiger partial charge in [0.15, 0.2) is 11.5 Å². The third-order valence-corrected chi connectivity index (χ3v) is 4.08. The van der Waals surface area contributed by atoms with Gasteiger partial charge in [-0.3, -0.25) is 4.79 Å². The van der Waals surface area contributed by atoms with E-state index in [1.807, 2.05) is 19.1 Å². The van der Waals surface area contributed by atoms with E-state index in [2.05, 4.69) is 21.2 Å². The van der Waals surface area contributed by atoms with E-state index in [1.165, 1.54) is 0 Å². The fraction of sp³-hybridized carbons (Fsp3) is 0.133. The molecule has 1 aliphatic rings. The second-order valence-corrected chi connectivity index (χ2v) is 5.88. The largest absolute Gasteiger partial charge is 0.454 e. The van der Waals surface area contributed by atoms with Gasteiger partial charge in [0.2, 0.25) is 6.79 Å². The number of carbonyl (C=O) groups is 1. The fourth-order valence-corrected chi connectivity index (χ4v) is 2.64. The average molecular weight is 369 g/mol. The number of halogens is 2. The highest BCUT2D eigenvalue weighted by Gasteiger charge is 2.18. The summed E-state index contributed by atoms with van der Waals surface area (Å²) >= 11 is 9.52. The van der Waals surface area contributed by atoms with Gasteiger partial charge in [-0.1, -0.05) is 23.2 Å². The first-order valence-corrected chi connectivity index (χ1v) is 7.38. The maximum atomic E-state index is 12.4. The molecule has 0 bridgehead atoms. The van der Waals surface area contributed by atoms with E-state index in [0.29, 0.717) is 27.8 Å². The monoisotopic (exact) mass is 367 g/mol. The lowest BCUT2D eigenvalue weighted by molar-refractivity contribution is 0.102. The number of hydrogen-bond donors (Lipinski definition) is 1. The molecule has 1 amide bonds. The highest BCUT2D eigenvalue weighted by Crippen LogP contribution is 2.39. The van der Waals surface area contributed by atoms with Crippen LogP contribution in [0.15, 0.2) is 34.8 Å². The van der Waals surface area contributed by atoms with Crippen molar-refractivity contribution >= 4 is 39.1 Å². The first-order chi connectivity index (χ1) is 10.0. The molecule has 0 aliphatic carbocycles. The molecule has 0 unspecified atom stereocenters. The van der Waals surface area contributed by atoms with Crippen molar-refractivity contribution < 1.29 is 14.3 Å². The number of rotatable bonds is 2. The Labute approximate surface area is 135 Å². The summed E-state index contributed by atoms with van der Waals surface area (Å²) in [5, 5.41) is 3.19. The van der Waals surface area contributed by atoms with Gasteiger partial charge < -0.3 is 14.8 Å². The predicted octanol–water partition coefficient (Wildman–Crippen LogP) is 4.39. The Morgan fingerprint density at radius 3 is 2.71 bits per heavy atom. The molecule has 1 aliphatic heterocycles. The summed E-state index contributed by atoms with van der Waals surface area (Å²) in [5.74, 6) is 0.902. The van der Waals surface area contributed by atoms with Crippen molar-refractivity contribution in [2.45, 2.75) is 6.92 Å². The van der Waals surface area contributed by atoms with Gasteiger partial charge in [-0.25, -0.2) is 0 Å². The van der Waals surface area contributed by atoms with E-state index >= 15 is 0 Å². The molecule has 21 heavy (non-hydrogen) atoms. The summed E-state index contributed by atoms with van der Waals surface area (Å²) in [7, 11) is 0. The molecular weight excluding hydrogens is 358 g/mol. The van der Waals surface area contributed by atoms with Gasteiger partial charge in [-0.05, 0) is 35.0 Å². The van der Waals surface area contributed by atoms with Crippen LogP contribution >= 0.6 is 27.5 Å². The molecule has 0 aromatic heterocycles.